The van der Waals surface area contributed by atoms with Crippen LogP contribution >= 0.6 is 23.1 Å². The van der Waals surface area contributed by atoms with Crippen molar-refractivity contribution in [3.8, 4) is 5.75 Å². The van der Waals surface area contributed by atoms with Crippen LogP contribution in [-0.2, 0) is 28.9 Å². The number of aryl methyl sites for hydroxylation is 2. The molecule has 0 saturated carbocycles. The second-order valence-corrected chi connectivity index (χ2v) is 10.1. The second kappa shape index (κ2) is 10.6. The lowest BCUT2D eigenvalue weighted by molar-refractivity contribution is -0.113. The van der Waals surface area contributed by atoms with Gasteiger partial charge >= 0.3 is 5.97 Å². The first-order valence-electron chi connectivity index (χ1n) is 11.2. The summed E-state index contributed by atoms with van der Waals surface area (Å²) in [6.07, 6.45) is 2.50. The Kier molecular flexibility index (Phi) is 7.57. The molecule has 3 aromatic rings. The first-order chi connectivity index (χ1) is 16.4. The van der Waals surface area contributed by atoms with Gasteiger partial charge in [-0.25, -0.2) is 4.79 Å². The van der Waals surface area contributed by atoms with E-state index in [-0.39, 0.29) is 17.8 Å². The van der Waals surface area contributed by atoms with Gasteiger partial charge in [0.25, 0.3) is 0 Å². The zero-order chi connectivity index (χ0) is 24.2. The summed E-state index contributed by atoms with van der Waals surface area (Å²) < 4.78 is 13.0. The summed E-state index contributed by atoms with van der Waals surface area (Å²) in [5.74, 6) is 1.02. The number of carbonyl (C=O) groups is 2. The van der Waals surface area contributed by atoms with E-state index in [1.807, 2.05) is 49.6 Å². The Balaban J connectivity index is 1.42. The van der Waals surface area contributed by atoms with E-state index in [0.717, 1.165) is 41.0 Å². The minimum atomic E-state index is -0.402. The molecule has 1 unspecified atom stereocenters. The molecule has 4 rings (SSSR count). The summed E-state index contributed by atoms with van der Waals surface area (Å²) in [5.41, 5.74) is 2.63. The Morgan fingerprint density at radius 3 is 2.85 bits per heavy atom. The fourth-order valence-corrected chi connectivity index (χ4v) is 6.16. The molecule has 1 aliphatic carbocycles. The van der Waals surface area contributed by atoms with Crippen molar-refractivity contribution >= 4 is 40.0 Å². The smallest absolute Gasteiger partial charge is 0.341 e. The molecule has 1 amide bonds. The maximum atomic E-state index is 12.7. The average molecular weight is 501 g/mol. The predicted molar refractivity (Wildman–Crippen MR) is 133 cm³/mol. The van der Waals surface area contributed by atoms with Crippen molar-refractivity contribution in [3.63, 3.8) is 0 Å². The number of aromatic nitrogens is 3. The highest BCUT2D eigenvalue weighted by molar-refractivity contribution is 7.99. The number of nitrogens with one attached hydrogen (secondary N) is 1. The number of ether oxygens (including phenoxy) is 2. The number of thiophene rings is 1. The van der Waals surface area contributed by atoms with E-state index in [2.05, 4.69) is 15.5 Å². The molecule has 2 aromatic heterocycles. The lowest BCUT2D eigenvalue weighted by Gasteiger charge is -2.16. The lowest BCUT2D eigenvalue weighted by Crippen LogP contribution is -2.17. The number of fused-ring (bicyclic) bond motifs is 1. The normalized spacial score (nSPS) is 13.4. The van der Waals surface area contributed by atoms with Crippen molar-refractivity contribution in [1.29, 1.82) is 0 Å². The summed E-state index contributed by atoms with van der Waals surface area (Å²) in [7, 11) is 1.36. The van der Waals surface area contributed by atoms with Gasteiger partial charge < -0.3 is 19.4 Å². The van der Waals surface area contributed by atoms with E-state index in [1.165, 1.54) is 30.2 Å². The highest BCUT2D eigenvalue weighted by Crippen LogP contribution is 2.39. The number of rotatable bonds is 9. The number of hydrogen-bond donors (Lipinski definition) is 1. The van der Waals surface area contributed by atoms with Crippen LogP contribution in [0.25, 0.3) is 0 Å². The molecular weight excluding hydrogens is 472 g/mol. The largest absolute Gasteiger partial charge is 0.483 e. The molecule has 2 heterocycles. The number of methoxy groups -OCH3 is 1. The molecule has 1 aliphatic rings. The number of hydrogen-bond acceptors (Lipinski definition) is 8. The SMILES string of the molecule is CCn1c(SCC(=O)Nc2sc3c(c2C(=O)OC)CCC3)nnc1C(C)Oc1cccc(C)c1. The van der Waals surface area contributed by atoms with E-state index < -0.39 is 5.97 Å². The molecule has 0 fully saturated rings. The van der Waals surface area contributed by atoms with Crippen LogP contribution in [-0.4, -0.2) is 39.5 Å². The molecule has 180 valence electrons. The van der Waals surface area contributed by atoms with Gasteiger partial charge in [0.1, 0.15) is 10.8 Å². The fourth-order valence-electron chi connectivity index (χ4n) is 4.05. The van der Waals surface area contributed by atoms with Gasteiger partial charge in [0, 0.05) is 11.4 Å². The van der Waals surface area contributed by atoms with Gasteiger partial charge in [-0.05, 0) is 63.3 Å². The second-order valence-electron chi connectivity index (χ2n) is 8.05. The first kappa shape index (κ1) is 24.3. The zero-order valence-electron chi connectivity index (χ0n) is 19.7. The molecule has 0 radical (unpaired) electrons. The average Bonchev–Trinajstić information content (AvgIpc) is 3.51. The standard InChI is InChI=1S/C24H28N4O4S2/c1-5-28-21(15(3)32-16-9-6-8-14(2)12-16)26-27-24(28)33-13-19(29)25-22-20(23(30)31-4)17-10-7-11-18(17)34-22/h6,8-9,12,15H,5,7,10-11,13H2,1-4H3,(H,25,29). The van der Waals surface area contributed by atoms with Gasteiger partial charge in [-0.1, -0.05) is 23.9 Å². The summed E-state index contributed by atoms with van der Waals surface area (Å²) in [6.45, 7) is 6.61. The number of amides is 1. The molecule has 0 saturated heterocycles. The molecular formula is C24H28N4O4S2. The van der Waals surface area contributed by atoms with E-state index in [0.29, 0.717) is 28.1 Å². The van der Waals surface area contributed by atoms with Gasteiger partial charge in [0.05, 0.1) is 18.4 Å². The van der Waals surface area contributed by atoms with Crippen molar-refractivity contribution in [2.24, 2.45) is 0 Å². The van der Waals surface area contributed by atoms with E-state index >= 15 is 0 Å². The van der Waals surface area contributed by atoms with Crippen molar-refractivity contribution in [2.45, 2.75) is 57.8 Å². The fraction of sp³-hybridized carbons (Fsp3) is 0.417. The molecule has 1 atom stereocenters. The molecule has 0 aliphatic heterocycles. The zero-order valence-corrected chi connectivity index (χ0v) is 21.3. The van der Waals surface area contributed by atoms with Gasteiger partial charge in [0.2, 0.25) is 5.91 Å². The summed E-state index contributed by atoms with van der Waals surface area (Å²) in [4.78, 5) is 26.2. The van der Waals surface area contributed by atoms with Crippen molar-refractivity contribution < 1.29 is 19.1 Å². The molecule has 0 bridgehead atoms. The molecule has 1 N–H and O–H groups in total. The number of thioether (sulfide) groups is 1. The van der Waals surface area contributed by atoms with Crippen LogP contribution < -0.4 is 10.1 Å². The van der Waals surface area contributed by atoms with Crippen LogP contribution in [0.1, 0.15) is 58.6 Å². The van der Waals surface area contributed by atoms with Gasteiger partial charge in [-0.15, -0.1) is 21.5 Å². The maximum absolute atomic E-state index is 12.7. The molecule has 34 heavy (non-hydrogen) atoms. The van der Waals surface area contributed by atoms with Gasteiger partial charge in [0.15, 0.2) is 17.1 Å². The van der Waals surface area contributed by atoms with Gasteiger partial charge in [-0.2, -0.15) is 0 Å². The van der Waals surface area contributed by atoms with Crippen LogP contribution in [0.3, 0.4) is 0 Å². The Labute approximate surface area is 207 Å². The first-order valence-corrected chi connectivity index (χ1v) is 13.0. The number of carbonyl (C=O) groups excluding carboxylic acids is 2. The Hall–Kier alpha value is -2.85. The molecule has 10 heteroatoms. The molecule has 0 spiro atoms. The van der Waals surface area contributed by atoms with Crippen LogP contribution in [0.2, 0.25) is 0 Å². The summed E-state index contributed by atoms with van der Waals surface area (Å²) in [6, 6.07) is 7.87. The number of anilines is 1. The Morgan fingerprint density at radius 1 is 1.29 bits per heavy atom. The number of nitrogens with zero attached hydrogens (tertiary/aromatic N) is 3. The third kappa shape index (κ3) is 5.12. The topological polar surface area (TPSA) is 95.3 Å². The highest BCUT2D eigenvalue weighted by atomic mass is 32.2. The van der Waals surface area contributed by atoms with E-state index in [9.17, 15) is 9.59 Å². The highest BCUT2D eigenvalue weighted by Gasteiger charge is 2.28. The van der Waals surface area contributed by atoms with Crippen LogP contribution in [0.15, 0.2) is 29.4 Å². The third-order valence-electron chi connectivity index (χ3n) is 5.62. The van der Waals surface area contributed by atoms with Gasteiger partial charge in [-0.3, -0.25) is 4.79 Å². The molecule has 8 nitrogen and oxygen atoms in total. The molecule has 1 aromatic carbocycles. The summed E-state index contributed by atoms with van der Waals surface area (Å²) in [5, 5.41) is 12.7. The Morgan fingerprint density at radius 2 is 2.12 bits per heavy atom. The third-order valence-corrected chi connectivity index (χ3v) is 7.80. The van der Waals surface area contributed by atoms with Crippen LogP contribution in [0, 0.1) is 6.92 Å². The maximum Gasteiger partial charge on any atom is 0.341 e. The summed E-state index contributed by atoms with van der Waals surface area (Å²) >= 11 is 2.78. The lowest BCUT2D eigenvalue weighted by atomic mass is 10.1. The van der Waals surface area contributed by atoms with Crippen molar-refractivity contribution in [3.05, 3.63) is 51.7 Å². The quantitative estimate of drug-likeness (QED) is 0.333. The van der Waals surface area contributed by atoms with Crippen LogP contribution in [0.4, 0.5) is 5.00 Å². The number of esters is 1. The van der Waals surface area contributed by atoms with E-state index in [1.54, 1.807) is 0 Å². The number of benzene rings is 1. The van der Waals surface area contributed by atoms with Crippen LogP contribution in [0.5, 0.6) is 5.75 Å². The Bertz CT molecular complexity index is 1200. The minimum absolute atomic E-state index is 0.147. The van der Waals surface area contributed by atoms with E-state index in [4.69, 9.17) is 9.47 Å². The van der Waals surface area contributed by atoms with Crippen molar-refractivity contribution in [2.75, 3.05) is 18.2 Å². The monoisotopic (exact) mass is 500 g/mol. The predicted octanol–water partition coefficient (Wildman–Crippen LogP) is 4.81. The van der Waals surface area contributed by atoms with Crippen molar-refractivity contribution in [1.82, 2.24) is 14.8 Å². The minimum Gasteiger partial charge on any atom is -0.483 e.